The third-order valence-electron chi connectivity index (χ3n) is 3.83. The second-order valence-corrected chi connectivity index (χ2v) is 5.34. The number of hydrogen-bond acceptors (Lipinski definition) is 5. The molecule has 0 saturated carbocycles. The molecule has 0 aliphatic rings. The van der Waals surface area contributed by atoms with Crippen LogP contribution in [0.3, 0.4) is 0 Å². The molecule has 0 saturated heterocycles. The van der Waals surface area contributed by atoms with Gasteiger partial charge in [-0.05, 0) is 24.3 Å². The summed E-state index contributed by atoms with van der Waals surface area (Å²) in [5.74, 6) is 1.24. The van der Waals surface area contributed by atoms with Gasteiger partial charge in [0.05, 0.1) is 18.3 Å². The molecule has 5 heteroatoms. The summed E-state index contributed by atoms with van der Waals surface area (Å²) in [6.45, 7) is 0.359. The van der Waals surface area contributed by atoms with Gasteiger partial charge in [0.2, 0.25) is 0 Å². The summed E-state index contributed by atoms with van der Waals surface area (Å²) < 4.78 is 11.4. The van der Waals surface area contributed by atoms with Crippen LogP contribution in [0.2, 0.25) is 0 Å². The molecule has 5 nitrogen and oxygen atoms in total. The van der Waals surface area contributed by atoms with Gasteiger partial charge in [-0.1, -0.05) is 24.3 Å². The van der Waals surface area contributed by atoms with Crippen LogP contribution in [-0.4, -0.2) is 22.1 Å². The Labute approximate surface area is 138 Å². The summed E-state index contributed by atoms with van der Waals surface area (Å²) in [6.07, 6.45) is 3.25. The lowest BCUT2D eigenvalue weighted by Gasteiger charge is -2.12. The summed E-state index contributed by atoms with van der Waals surface area (Å²) in [6, 6.07) is 15.8. The Bertz CT molecular complexity index is 1020. The Morgan fingerprint density at radius 2 is 1.83 bits per heavy atom. The molecule has 0 aliphatic carbocycles. The quantitative estimate of drug-likeness (QED) is 0.573. The largest absolute Gasteiger partial charge is 0.491 e. The monoisotopic (exact) mass is 317 g/mol. The summed E-state index contributed by atoms with van der Waals surface area (Å²) in [5.41, 5.74) is 2.55. The Morgan fingerprint density at radius 1 is 0.958 bits per heavy atom. The minimum Gasteiger partial charge on any atom is -0.491 e. The van der Waals surface area contributed by atoms with Crippen LogP contribution in [0.1, 0.15) is 5.69 Å². The molecule has 2 aromatic carbocycles. The Balaban J connectivity index is 1.63. The van der Waals surface area contributed by atoms with E-state index in [0.717, 1.165) is 27.5 Å². The van der Waals surface area contributed by atoms with Crippen molar-refractivity contribution in [2.24, 2.45) is 0 Å². The maximum atomic E-state index is 5.92. The zero-order chi connectivity index (χ0) is 16.4. The number of ether oxygens (including phenoxy) is 2. The first-order chi connectivity index (χ1) is 11.8. The summed E-state index contributed by atoms with van der Waals surface area (Å²) >= 11 is 0. The van der Waals surface area contributed by atoms with Gasteiger partial charge >= 0.3 is 0 Å². The van der Waals surface area contributed by atoms with Gasteiger partial charge in [0, 0.05) is 17.0 Å². The fraction of sp³-hybridized carbons (Fsp3) is 0.105. The number of pyridine rings is 1. The van der Waals surface area contributed by atoms with Crippen molar-refractivity contribution in [3.05, 3.63) is 66.7 Å². The second-order valence-electron chi connectivity index (χ2n) is 5.34. The van der Waals surface area contributed by atoms with E-state index < -0.39 is 0 Å². The highest BCUT2D eigenvalue weighted by molar-refractivity contribution is 5.86. The Kier molecular flexibility index (Phi) is 3.67. The van der Waals surface area contributed by atoms with Gasteiger partial charge in [0.15, 0.2) is 11.5 Å². The van der Waals surface area contributed by atoms with Crippen LogP contribution in [0, 0.1) is 0 Å². The van der Waals surface area contributed by atoms with Crippen molar-refractivity contribution in [2.45, 2.75) is 6.61 Å². The highest BCUT2D eigenvalue weighted by Gasteiger charge is 2.11. The lowest BCUT2D eigenvalue weighted by molar-refractivity contribution is 0.282. The molecular formula is C19H15N3O2. The number of methoxy groups -OCH3 is 1. The molecule has 0 spiro atoms. The molecular weight excluding hydrogens is 302 g/mol. The maximum absolute atomic E-state index is 5.92. The smallest absolute Gasteiger partial charge is 0.187 e. The van der Waals surface area contributed by atoms with E-state index >= 15 is 0 Å². The minimum atomic E-state index is 0.359. The van der Waals surface area contributed by atoms with Crippen LogP contribution in [0.25, 0.3) is 21.8 Å². The summed E-state index contributed by atoms with van der Waals surface area (Å²) in [7, 11) is 1.61. The standard InChI is InChI=1S/C19H15N3O2/c1-23-19-17(9-7-14-10-20-12-21-18(14)19)24-11-15-8-6-13-4-2-3-5-16(13)22-15/h2-10,12H,11H2,1H3. The van der Waals surface area contributed by atoms with Crippen molar-refractivity contribution in [1.82, 2.24) is 15.0 Å². The van der Waals surface area contributed by atoms with E-state index in [-0.39, 0.29) is 0 Å². The van der Waals surface area contributed by atoms with E-state index in [1.54, 1.807) is 13.3 Å². The first kappa shape index (κ1) is 14.4. The van der Waals surface area contributed by atoms with Gasteiger partial charge < -0.3 is 9.47 Å². The normalized spacial score (nSPS) is 10.9. The maximum Gasteiger partial charge on any atom is 0.187 e. The fourth-order valence-corrected chi connectivity index (χ4v) is 2.66. The molecule has 4 rings (SSSR count). The van der Waals surface area contributed by atoms with Gasteiger partial charge in [-0.15, -0.1) is 0 Å². The molecule has 4 aromatic rings. The lowest BCUT2D eigenvalue weighted by atomic mass is 10.2. The summed E-state index contributed by atoms with van der Waals surface area (Å²) in [4.78, 5) is 12.9. The Hall–Kier alpha value is -3.21. The molecule has 0 amide bonds. The van der Waals surface area contributed by atoms with Crippen molar-refractivity contribution >= 4 is 21.8 Å². The predicted molar refractivity (Wildman–Crippen MR) is 92.2 cm³/mol. The topological polar surface area (TPSA) is 57.1 Å². The molecule has 0 fully saturated rings. The minimum absolute atomic E-state index is 0.359. The van der Waals surface area contributed by atoms with Gasteiger partial charge in [-0.2, -0.15) is 0 Å². The zero-order valence-corrected chi connectivity index (χ0v) is 13.1. The number of aromatic nitrogens is 3. The van der Waals surface area contributed by atoms with Crippen molar-refractivity contribution in [2.75, 3.05) is 7.11 Å². The molecule has 0 radical (unpaired) electrons. The highest BCUT2D eigenvalue weighted by atomic mass is 16.5. The van der Waals surface area contributed by atoms with Crippen molar-refractivity contribution in [3.8, 4) is 11.5 Å². The summed E-state index contributed by atoms with van der Waals surface area (Å²) in [5, 5.41) is 2.02. The third-order valence-corrected chi connectivity index (χ3v) is 3.83. The SMILES string of the molecule is COc1c(OCc2ccc3ccccc3n2)ccc2cncnc12. The molecule has 0 aliphatic heterocycles. The second kappa shape index (κ2) is 6.12. The number of rotatable bonds is 4. The van der Waals surface area contributed by atoms with Crippen LogP contribution >= 0.6 is 0 Å². The molecule has 2 aromatic heterocycles. The van der Waals surface area contributed by atoms with Crippen LogP contribution in [-0.2, 0) is 6.61 Å². The van der Waals surface area contributed by atoms with Gasteiger partial charge in [0.1, 0.15) is 18.5 Å². The van der Waals surface area contributed by atoms with E-state index in [1.807, 2.05) is 48.5 Å². The van der Waals surface area contributed by atoms with Gasteiger partial charge in [-0.3, -0.25) is 0 Å². The third kappa shape index (κ3) is 2.60. The van der Waals surface area contributed by atoms with E-state index in [9.17, 15) is 0 Å². The number of hydrogen-bond donors (Lipinski definition) is 0. The predicted octanol–water partition coefficient (Wildman–Crippen LogP) is 3.77. The number of nitrogens with zero attached hydrogens (tertiary/aromatic N) is 3. The van der Waals surface area contributed by atoms with Crippen molar-refractivity contribution in [3.63, 3.8) is 0 Å². The molecule has 0 atom stereocenters. The lowest BCUT2D eigenvalue weighted by Crippen LogP contribution is -2.01. The van der Waals surface area contributed by atoms with Crippen molar-refractivity contribution in [1.29, 1.82) is 0 Å². The number of fused-ring (bicyclic) bond motifs is 2. The van der Waals surface area contributed by atoms with Gasteiger partial charge in [-0.25, -0.2) is 15.0 Å². The zero-order valence-electron chi connectivity index (χ0n) is 13.1. The molecule has 0 N–H and O–H groups in total. The van der Waals surface area contributed by atoms with Crippen LogP contribution in [0.5, 0.6) is 11.5 Å². The van der Waals surface area contributed by atoms with E-state index in [1.165, 1.54) is 6.33 Å². The molecule has 2 heterocycles. The highest BCUT2D eigenvalue weighted by Crippen LogP contribution is 2.34. The first-order valence-electron chi connectivity index (χ1n) is 7.59. The molecule has 118 valence electrons. The fourth-order valence-electron chi connectivity index (χ4n) is 2.66. The van der Waals surface area contributed by atoms with Crippen molar-refractivity contribution < 1.29 is 9.47 Å². The molecule has 24 heavy (non-hydrogen) atoms. The Morgan fingerprint density at radius 3 is 2.75 bits per heavy atom. The molecule has 0 unspecified atom stereocenters. The average molecular weight is 317 g/mol. The molecule has 0 bridgehead atoms. The van der Waals surface area contributed by atoms with Gasteiger partial charge in [0.25, 0.3) is 0 Å². The van der Waals surface area contributed by atoms with Crippen LogP contribution in [0.15, 0.2) is 61.1 Å². The van der Waals surface area contributed by atoms with E-state index in [4.69, 9.17) is 9.47 Å². The number of benzene rings is 2. The number of para-hydroxylation sites is 1. The van der Waals surface area contributed by atoms with E-state index in [2.05, 4.69) is 15.0 Å². The van der Waals surface area contributed by atoms with E-state index in [0.29, 0.717) is 18.1 Å². The van der Waals surface area contributed by atoms with Crippen LogP contribution < -0.4 is 9.47 Å². The van der Waals surface area contributed by atoms with Crippen LogP contribution in [0.4, 0.5) is 0 Å². The average Bonchev–Trinajstić information content (AvgIpc) is 2.65. The first-order valence-corrected chi connectivity index (χ1v) is 7.59.